The first-order valence-corrected chi connectivity index (χ1v) is 19.3. The van der Waals surface area contributed by atoms with Crippen LogP contribution in [0.5, 0.6) is 0 Å². The Labute approximate surface area is 328 Å². The van der Waals surface area contributed by atoms with Crippen molar-refractivity contribution in [3.63, 3.8) is 0 Å². The van der Waals surface area contributed by atoms with E-state index in [1.807, 2.05) is 12.3 Å². The van der Waals surface area contributed by atoms with Gasteiger partial charge in [0.25, 0.3) is 0 Å². The Morgan fingerprint density at radius 2 is 1.32 bits per heavy atom. The molecule has 0 aliphatic heterocycles. The lowest BCUT2D eigenvalue weighted by molar-refractivity contribution is 0.950. The molecule has 0 bridgehead atoms. The Hall–Kier alpha value is -7.04. The summed E-state index contributed by atoms with van der Waals surface area (Å²) in [5.41, 5.74) is 14.8. The fraction of sp³-hybridized carbons (Fsp3) is 0.0769. The van der Waals surface area contributed by atoms with Crippen LogP contribution in [0.25, 0.3) is 44.6 Å². The maximum atomic E-state index is 4.86. The quantitative estimate of drug-likeness (QED) is 0.0794. The van der Waals surface area contributed by atoms with Crippen LogP contribution in [-0.2, 0) is 13.0 Å². The summed E-state index contributed by atoms with van der Waals surface area (Å²) in [6.45, 7) is 4.68. The monoisotopic (exact) mass is 722 g/mol. The Morgan fingerprint density at radius 1 is 0.661 bits per heavy atom. The summed E-state index contributed by atoms with van der Waals surface area (Å²) < 4.78 is 0. The first kappa shape index (κ1) is 34.7. The lowest BCUT2D eigenvalue weighted by Crippen LogP contribution is -2.08. The second-order valence-electron chi connectivity index (χ2n) is 14.3. The van der Waals surface area contributed by atoms with Crippen LogP contribution in [0.2, 0.25) is 0 Å². The molecule has 1 heterocycles. The van der Waals surface area contributed by atoms with E-state index >= 15 is 0 Å². The maximum Gasteiger partial charge on any atom is 0.0802 e. The van der Waals surface area contributed by atoms with Gasteiger partial charge in [0.1, 0.15) is 0 Å². The van der Waals surface area contributed by atoms with Crippen LogP contribution in [0.15, 0.2) is 187 Å². The summed E-state index contributed by atoms with van der Waals surface area (Å²) in [4.78, 5) is 9.35. The predicted octanol–water partition coefficient (Wildman–Crippen LogP) is 13.2. The van der Waals surface area contributed by atoms with E-state index in [9.17, 15) is 0 Å². The average molecular weight is 723 g/mol. The summed E-state index contributed by atoms with van der Waals surface area (Å²) in [7, 11) is 0. The summed E-state index contributed by atoms with van der Waals surface area (Å²) in [5.74, 6) is 0.0601. The van der Waals surface area contributed by atoms with E-state index in [2.05, 4.69) is 198 Å². The zero-order valence-corrected chi connectivity index (χ0v) is 31.2. The summed E-state index contributed by atoms with van der Waals surface area (Å²) >= 11 is 0. The number of nitrogens with one attached hydrogen (secondary N) is 2. The van der Waals surface area contributed by atoms with Gasteiger partial charge in [-0.15, -0.1) is 0 Å². The van der Waals surface area contributed by atoms with Gasteiger partial charge in [0.05, 0.1) is 22.6 Å². The SMILES string of the molecule is C=N/C(=C\C(c1ccccc1)c1ccccc1)c1ccc(-c2ccc(Nc3c(NCc4cccc5c4CCC=C5)c4ccccc4c4ncccc34)cc2)cc1. The molecule has 56 heavy (non-hydrogen) atoms. The molecule has 4 heteroatoms. The number of aromatic nitrogens is 1. The molecule has 9 rings (SSSR count). The first-order chi connectivity index (χ1) is 27.7. The van der Waals surface area contributed by atoms with E-state index in [4.69, 9.17) is 4.98 Å². The molecule has 0 radical (unpaired) electrons. The molecular formula is C52H42N4. The molecule has 0 saturated heterocycles. The van der Waals surface area contributed by atoms with Gasteiger partial charge in [-0.3, -0.25) is 9.98 Å². The van der Waals surface area contributed by atoms with E-state index in [0.717, 1.165) is 80.5 Å². The number of aliphatic imine (C=N–C) groups is 1. The van der Waals surface area contributed by atoms with Gasteiger partial charge in [-0.25, -0.2) is 0 Å². The van der Waals surface area contributed by atoms with Gasteiger partial charge in [-0.1, -0.05) is 152 Å². The summed E-state index contributed by atoms with van der Waals surface area (Å²) in [6, 6.07) is 57.8. The van der Waals surface area contributed by atoms with Crippen molar-refractivity contribution in [2.24, 2.45) is 4.99 Å². The zero-order valence-electron chi connectivity index (χ0n) is 31.2. The predicted molar refractivity (Wildman–Crippen MR) is 238 cm³/mol. The number of hydrogen-bond acceptors (Lipinski definition) is 4. The van der Waals surface area contributed by atoms with Crippen molar-refractivity contribution >= 4 is 57.2 Å². The molecule has 1 aromatic heterocycles. The molecule has 8 aromatic rings. The van der Waals surface area contributed by atoms with Crippen LogP contribution in [0, 0.1) is 0 Å². The molecule has 1 aliphatic carbocycles. The van der Waals surface area contributed by atoms with E-state index in [0.29, 0.717) is 0 Å². The largest absolute Gasteiger partial charge is 0.379 e. The Kier molecular flexibility index (Phi) is 9.76. The normalized spacial score (nSPS) is 12.5. The van der Waals surface area contributed by atoms with Crippen molar-refractivity contribution in [2.45, 2.75) is 25.3 Å². The van der Waals surface area contributed by atoms with Gasteiger partial charge in [-0.2, -0.15) is 0 Å². The summed E-state index contributed by atoms with van der Waals surface area (Å²) in [6.07, 6.45) is 10.8. The van der Waals surface area contributed by atoms with Crippen molar-refractivity contribution in [3.05, 3.63) is 216 Å². The van der Waals surface area contributed by atoms with Crippen LogP contribution in [0.3, 0.4) is 0 Å². The Balaban J connectivity index is 1.01. The molecule has 0 unspecified atom stereocenters. The van der Waals surface area contributed by atoms with E-state index in [1.165, 1.54) is 27.8 Å². The van der Waals surface area contributed by atoms with Gasteiger partial charge in [-0.05, 0) is 94.4 Å². The topological polar surface area (TPSA) is 49.3 Å². The van der Waals surface area contributed by atoms with E-state index in [1.54, 1.807) is 0 Å². The molecule has 0 amide bonds. The average Bonchev–Trinajstić information content (AvgIpc) is 3.27. The van der Waals surface area contributed by atoms with Gasteiger partial charge < -0.3 is 10.6 Å². The Bertz CT molecular complexity index is 2670. The fourth-order valence-electron chi connectivity index (χ4n) is 8.04. The van der Waals surface area contributed by atoms with Gasteiger partial charge in [0.15, 0.2) is 0 Å². The minimum absolute atomic E-state index is 0.0601. The van der Waals surface area contributed by atoms with Crippen LogP contribution in [0.1, 0.15) is 45.7 Å². The minimum atomic E-state index is 0.0601. The van der Waals surface area contributed by atoms with Crippen LogP contribution < -0.4 is 10.6 Å². The van der Waals surface area contributed by atoms with Crippen molar-refractivity contribution in [3.8, 4) is 11.1 Å². The van der Waals surface area contributed by atoms with Crippen molar-refractivity contribution in [2.75, 3.05) is 10.6 Å². The summed E-state index contributed by atoms with van der Waals surface area (Å²) in [5, 5.41) is 11.1. The zero-order chi connectivity index (χ0) is 37.7. The first-order valence-electron chi connectivity index (χ1n) is 19.3. The molecule has 2 N–H and O–H groups in total. The number of fused-ring (bicyclic) bond motifs is 4. The van der Waals surface area contributed by atoms with Crippen molar-refractivity contribution in [1.82, 2.24) is 4.98 Å². The molecule has 0 saturated carbocycles. The third kappa shape index (κ3) is 7.01. The number of hydrogen-bond donors (Lipinski definition) is 2. The number of rotatable bonds is 11. The third-order valence-corrected chi connectivity index (χ3v) is 10.9. The van der Waals surface area contributed by atoms with Crippen LogP contribution in [0.4, 0.5) is 17.1 Å². The van der Waals surface area contributed by atoms with E-state index < -0.39 is 0 Å². The molecule has 4 nitrogen and oxygen atoms in total. The second kappa shape index (κ2) is 15.7. The van der Waals surface area contributed by atoms with Gasteiger partial charge >= 0.3 is 0 Å². The number of pyridine rings is 1. The molecule has 0 spiro atoms. The molecule has 0 atom stereocenters. The van der Waals surface area contributed by atoms with E-state index in [-0.39, 0.29) is 5.92 Å². The molecule has 7 aromatic carbocycles. The highest BCUT2D eigenvalue weighted by molar-refractivity contribution is 6.19. The molecule has 0 fully saturated rings. The number of nitrogens with zero attached hydrogens (tertiary/aromatic N) is 2. The third-order valence-electron chi connectivity index (χ3n) is 10.9. The highest BCUT2D eigenvalue weighted by atomic mass is 15.0. The highest BCUT2D eigenvalue weighted by Gasteiger charge is 2.18. The maximum absolute atomic E-state index is 4.86. The number of anilines is 3. The van der Waals surface area contributed by atoms with Gasteiger partial charge in [0.2, 0.25) is 0 Å². The number of allylic oxidation sites excluding steroid dienone is 2. The lowest BCUT2D eigenvalue weighted by atomic mass is 9.89. The van der Waals surface area contributed by atoms with Gasteiger partial charge in [0, 0.05) is 40.5 Å². The van der Waals surface area contributed by atoms with Crippen LogP contribution in [-0.4, -0.2) is 11.7 Å². The van der Waals surface area contributed by atoms with Crippen LogP contribution >= 0.6 is 0 Å². The number of benzene rings is 7. The minimum Gasteiger partial charge on any atom is -0.379 e. The smallest absolute Gasteiger partial charge is 0.0802 e. The second-order valence-corrected chi connectivity index (χ2v) is 14.3. The molecular weight excluding hydrogens is 681 g/mol. The standard InChI is InChI=1S/C52H42N4/c1-53-49(34-48(39-14-4-2-5-15-39)40-16-6-3-7-17-40)41-27-25-36(26-28-41)37-29-31-43(32-30-37)56-52-47-24-13-33-54-50(47)45-22-10-11-23-46(45)51(52)55-35-42-20-12-19-38-18-8-9-21-44(38)42/h2-8,10-20,22-34,48,55-56H,1,9,21,35H2/b49-34-. The molecule has 1 aliphatic rings. The molecule has 270 valence electrons. The van der Waals surface area contributed by atoms with Crippen molar-refractivity contribution < 1.29 is 0 Å². The fourth-order valence-corrected chi connectivity index (χ4v) is 8.04. The highest BCUT2D eigenvalue weighted by Crippen LogP contribution is 2.42. The van der Waals surface area contributed by atoms with Crippen molar-refractivity contribution in [1.29, 1.82) is 0 Å². The Morgan fingerprint density at radius 3 is 2.04 bits per heavy atom. The lowest BCUT2D eigenvalue weighted by Gasteiger charge is -2.21.